The van der Waals surface area contributed by atoms with Crippen LogP contribution in [0.15, 0.2) is 34.8 Å². The Balaban J connectivity index is 2.64. The van der Waals surface area contributed by atoms with Crippen molar-refractivity contribution in [2.75, 3.05) is 7.11 Å². The van der Waals surface area contributed by atoms with Gasteiger partial charge in [-0.25, -0.2) is 8.78 Å². The Morgan fingerprint density at radius 3 is 2.55 bits per heavy atom. The summed E-state index contributed by atoms with van der Waals surface area (Å²) in [7, 11) is 1.38. The molecule has 0 radical (unpaired) electrons. The zero-order chi connectivity index (χ0) is 14.9. The van der Waals surface area contributed by atoms with Crippen molar-refractivity contribution in [3.63, 3.8) is 0 Å². The van der Waals surface area contributed by atoms with Crippen LogP contribution in [0.1, 0.15) is 17.2 Å². The van der Waals surface area contributed by atoms with Gasteiger partial charge in [-0.1, -0.05) is 17.7 Å². The second-order valence-electron chi connectivity index (χ2n) is 4.02. The summed E-state index contributed by atoms with van der Waals surface area (Å²) in [6.07, 6.45) is -1.57. The summed E-state index contributed by atoms with van der Waals surface area (Å²) < 4.78 is 33.0. The molecule has 0 fully saturated rings. The van der Waals surface area contributed by atoms with E-state index >= 15 is 0 Å². The molecule has 0 aromatic heterocycles. The minimum Gasteiger partial charge on any atom is -0.496 e. The third-order valence-electron chi connectivity index (χ3n) is 2.86. The molecule has 2 aromatic carbocycles. The normalized spacial score (nSPS) is 12.3. The van der Waals surface area contributed by atoms with E-state index in [0.717, 1.165) is 6.07 Å². The molecule has 1 N–H and O–H groups in total. The topological polar surface area (TPSA) is 29.5 Å². The van der Waals surface area contributed by atoms with Crippen molar-refractivity contribution in [1.29, 1.82) is 0 Å². The molecule has 1 atom stereocenters. The highest BCUT2D eigenvalue weighted by Crippen LogP contribution is 2.38. The molecule has 0 saturated heterocycles. The van der Waals surface area contributed by atoms with Crippen molar-refractivity contribution in [3.8, 4) is 5.75 Å². The van der Waals surface area contributed by atoms with Crippen LogP contribution < -0.4 is 4.74 Å². The largest absolute Gasteiger partial charge is 0.496 e. The Bertz CT molecular complexity index is 649. The fourth-order valence-corrected chi connectivity index (χ4v) is 2.51. The van der Waals surface area contributed by atoms with Gasteiger partial charge < -0.3 is 9.84 Å². The van der Waals surface area contributed by atoms with E-state index in [1.165, 1.54) is 19.2 Å². The van der Waals surface area contributed by atoms with Crippen LogP contribution >= 0.6 is 27.5 Å². The predicted molar refractivity (Wildman–Crippen MR) is 76.1 cm³/mol. The van der Waals surface area contributed by atoms with Crippen molar-refractivity contribution >= 4 is 27.5 Å². The Hall–Kier alpha value is -1.17. The Labute approximate surface area is 128 Å². The van der Waals surface area contributed by atoms with Crippen LogP contribution in [0, 0.1) is 11.6 Å². The van der Waals surface area contributed by atoms with E-state index in [4.69, 9.17) is 16.3 Å². The molecule has 6 heteroatoms. The summed E-state index contributed by atoms with van der Waals surface area (Å²) in [4.78, 5) is 0. The lowest BCUT2D eigenvalue weighted by Gasteiger charge is -2.18. The molecule has 0 aliphatic rings. The average molecular weight is 364 g/mol. The number of aliphatic hydroxyl groups excluding tert-OH is 1. The zero-order valence-electron chi connectivity index (χ0n) is 10.3. The van der Waals surface area contributed by atoms with Crippen LogP contribution in [-0.4, -0.2) is 12.2 Å². The SMILES string of the molecule is COc1cccc(Cl)c1C(O)c1c(F)ccc(Br)c1F. The molecule has 2 aromatic rings. The molecule has 106 valence electrons. The number of methoxy groups -OCH3 is 1. The molecule has 0 bridgehead atoms. The first-order valence-electron chi connectivity index (χ1n) is 5.61. The van der Waals surface area contributed by atoms with Gasteiger partial charge in [-0.15, -0.1) is 0 Å². The molecular formula is C14H10BrClF2O2. The number of benzene rings is 2. The number of hydrogen-bond acceptors (Lipinski definition) is 2. The van der Waals surface area contributed by atoms with Crippen LogP contribution in [0.3, 0.4) is 0 Å². The molecule has 0 spiro atoms. The Morgan fingerprint density at radius 1 is 1.20 bits per heavy atom. The third kappa shape index (κ3) is 2.66. The fraction of sp³-hybridized carbons (Fsp3) is 0.143. The molecule has 20 heavy (non-hydrogen) atoms. The summed E-state index contributed by atoms with van der Waals surface area (Å²) in [5.41, 5.74) is -0.363. The van der Waals surface area contributed by atoms with E-state index < -0.39 is 23.3 Å². The maximum absolute atomic E-state index is 14.0. The van der Waals surface area contributed by atoms with Gasteiger partial charge in [0.1, 0.15) is 23.5 Å². The van der Waals surface area contributed by atoms with Gasteiger partial charge in [-0.3, -0.25) is 0 Å². The van der Waals surface area contributed by atoms with E-state index in [-0.39, 0.29) is 20.8 Å². The Morgan fingerprint density at radius 2 is 1.90 bits per heavy atom. The van der Waals surface area contributed by atoms with Crippen LogP contribution in [-0.2, 0) is 0 Å². The summed E-state index contributed by atoms with van der Waals surface area (Å²) in [6, 6.07) is 6.97. The summed E-state index contributed by atoms with van der Waals surface area (Å²) in [5.74, 6) is -1.48. The molecular weight excluding hydrogens is 354 g/mol. The molecule has 1 unspecified atom stereocenters. The van der Waals surface area contributed by atoms with Crippen LogP contribution in [0.2, 0.25) is 5.02 Å². The monoisotopic (exact) mass is 362 g/mol. The predicted octanol–water partition coefficient (Wildman–Crippen LogP) is 4.47. The smallest absolute Gasteiger partial charge is 0.146 e. The van der Waals surface area contributed by atoms with Crippen molar-refractivity contribution in [1.82, 2.24) is 0 Å². The zero-order valence-corrected chi connectivity index (χ0v) is 12.7. The number of rotatable bonds is 3. The molecule has 0 amide bonds. The summed E-state index contributed by atoms with van der Waals surface area (Å²) in [6.45, 7) is 0. The van der Waals surface area contributed by atoms with Gasteiger partial charge in [0, 0.05) is 5.56 Å². The van der Waals surface area contributed by atoms with Crippen molar-refractivity contribution in [2.24, 2.45) is 0 Å². The average Bonchev–Trinajstić information content (AvgIpc) is 2.42. The lowest BCUT2D eigenvalue weighted by Crippen LogP contribution is -2.08. The maximum atomic E-state index is 14.0. The molecule has 2 rings (SSSR count). The second kappa shape index (κ2) is 6.08. The van der Waals surface area contributed by atoms with Gasteiger partial charge in [0.15, 0.2) is 0 Å². The minimum atomic E-state index is -1.57. The number of halogens is 4. The summed E-state index contributed by atoms with van der Waals surface area (Å²) >= 11 is 8.96. The van der Waals surface area contributed by atoms with Gasteiger partial charge in [0.05, 0.1) is 22.2 Å². The van der Waals surface area contributed by atoms with Crippen molar-refractivity contribution in [3.05, 3.63) is 62.6 Å². The molecule has 0 aliphatic heterocycles. The van der Waals surface area contributed by atoms with E-state index in [2.05, 4.69) is 15.9 Å². The lowest BCUT2D eigenvalue weighted by atomic mass is 9.99. The highest BCUT2D eigenvalue weighted by atomic mass is 79.9. The minimum absolute atomic E-state index is 0.0546. The molecule has 0 heterocycles. The van der Waals surface area contributed by atoms with E-state index in [9.17, 15) is 13.9 Å². The maximum Gasteiger partial charge on any atom is 0.146 e. The first-order chi connectivity index (χ1) is 9.47. The second-order valence-corrected chi connectivity index (χ2v) is 5.28. The van der Waals surface area contributed by atoms with Crippen molar-refractivity contribution < 1.29 is 18.6 Å². The number of hydrogen-bond donors (Lipinski definition) is 1. The van der Waals surface area contributed by atoms with Gasteiger partial charge in [-0.05, 0) is 40.2 Å². The highest BCUT2D eigenvalue weighted by Gasteiger charge is 2.26. The van der Waals surface area contributed by atoms with Crippen LogP contribution in [0.25, 0.3) is 0 Å². The first-order valence-corrected chi connectivity index (χ1v) is 6.78. The molecule has 0 saturated carbocycles. The van der Waals surface area contributed by atoms with E-state index in [1.54, 1.807) is 12.1 Å². The number of aliphatic hydroxyl groups is 1. The Kier molecular flexibility index (Phi) is 4.62. The quantitative estimate of drug-likeness (QED) is 0.815. The fourth-order valence-electron chi connectivity index (χ4n) is 1.90. The first kappa shape index (κ1) is 15.2. The van der Waals surface area contributed by atoms with Crippen LogP contribution in [0.5, 0.6) is 5.75 Å². The number of ether oxygens (including phenoxy) is 1. The van der Waals surface area contributed by atoms with Gasteiger partial charge in [0.25, 0.3) is 0 Å². The van der Waals surface area contributed by atoms with E-state index in [1.807, 2.05) is 0 Å². The third-order valence-corrected chi connectivity index (χ3v) is 3.80. The molecule has 2 nitrogen and oxygen atoms in total. The standard InChI is InChI=1S/C14H10BrClF2O2/c1-20-10-4-2-3-8(16)11(10)14(19)12-9(17)6-5-7(15)13(12)18/h2-6,14,19H,1H3. The lowest BCUT2D eigenvalue weighted by molar-refractivity contribution is 0.204. The van der Waals surface area contributed by atoms with Gasteiger partial charge in [0.2, 0.25) is 0 Å². The van der Waals surface area contributed by atoms with Crippen molar-refractivity contribution in [2.45, 2.75) is 6.10 Å². The highest BCUT2D eigenvalue weighted by molar-refractivity contribution is 9.10. The van der Waals surface area contributed by atoms with Gasteiger partial charge >= 0.3 is 0 Å². The summed E-state index contributed by atoms with van der Waals surface area (Å²) in [5, 5.41) is 10.5. The molecule has 0 aliphatic carbocycles. The van der Waals surface area contributed by atoms with Crippen LogP contribution in [0.4, 0.5) is 8.78 Å². The van der Waals surface area contributed by atoms with Gasteiger partial charge in [-0.2, -0.15) is 0 Å². The van der Waals surface area contributed by atoms with E-state index in [0.29, 0.717) is 0 Å².